The molecule has 2 saturated heterocycles. The smallest absolute Gasteiger partial charge is 0.229 e. The highest BCUT2D eigenvalue weighted by Gasteiger charge is 2.18. The quantitative estimate of drug-likeness (QED) is 0.526. The van der Waals surface area contributed by atoms with Crippen molar-refractivity contribution in [2.24, 2.45) is 0 Å². The van der Waals surface area contributed by atoms with Crippen LogP contribution in [-0.2, 0) is 6.42 Å². The van der Waals surface area contributed by atoms with Gasteiger partial charge in [0.05, 0.1) is 0 Å². The molecule has 0 amide bonds. The minimum atomic E-state index is 0.0705. The van der Waals surface area contributed by atoms with Gasteiger partial charge in [0, 0.05) is 69.6 Å². The second-order valence-electron chi connectivity index (χ2n) is 8.23. The van der Waals surface area contributed by atoms with E-state index in [-0.39, 0.29) is 6.61 Å². The summed E-state index contributed by atoms with van der Waals surface area (Å²) in [5, 5.41) is 25.5. The Labute approximate surface area is 187 Å². The number of nitrogens with zero attached hydrogens (tertiary/aromatic N) is 7. The lowest BCUT2D eigenvalue weighted by atomic mass is 10.1. The van der Waals surface area contributed by atoms with Gasteiger partial charge in [-0.25, -0.2) is 15.0 Å². The molecule has 168 valence electrons. The van der Waals surface area contributed by atoms with Crippen LogP contribution in [0.4, 0.5) is 23.4 Å². The van der Waals surface area contributed by atoms with Crippen LogP contribution in [0, 0.1) is 0 Å². The van der Waals surface area contributed by atoms with Crippen LogP contribution in [0.5, 0.6) is 0 Å². The van der Waals surface area contributed by atoms with E-state index in [9.17, 15) is 5.11 Å². The summed E-state index contributed by atoms with van der Waals surface area (Å²) in [7, 11) is 0. The lowest BCUT2D eigenvalue weighted by Crippen LogP contribution is -2.43. The van der Waals surface area contributed by atoms with Gasteiger partial charge in [0.2, 0.25) is 5.95 Å². The molecule has 3 aromatic rings. The summed E-state index contributed by atoms with van der Waals surface area (Å²) < 4.78 is 0. The second kappa shape index (κ2) is 9.58. The van der Waals surface area contributed by atoms with Crippen LogP contribution in [-0.4, -0.2) is 76.1 Å². The Morgan fingerprint density at radius 2 is 1.81 bits per heavy atom. The van der Waals surface area contributed by atoms with Crippen LogP contribution in [0.3, 0.4) is 0 Å². The van der Waals surface area contributed by atoms with Gasteiger partial charge in [0.1, 0.15) is 5.52 Å². The van der Waals surface area contributed by atoms with Crippen LogP contribution in [0.2, 0.25) is 0 Å². The molecule has 5 rings (SSSR count). The fourth-order valence-electron chi connectivity index (χ4n) is 4.27. The lowest BCUT2D eigenvalue weighted by molar-refractivity contribution is 0.298. The van der Waals surface area contributed by atoms with Crippen molar-refractivity contribution < 1.29 is 5.11 Å². The molecular formula is C22H29N9O. The summed E-state index contributed by atoms with van der Waals surface area (Å²) in [5.41, 5.74) is 1.68. The van der Waals surface area contributed by atoms with Crippen molar-refractivity contribution in [1.29, 1.82) is 0 Å². The van der Waals surface area contributed by atoms with E-state index in [0.29, 0.717) is 18.2 Å². The third-order valence-electron chi connectivity index (χ3n) is 5.96. The predicted molar refractivity (Wildman–Crippen MR) is 125 cm³/mol. The predicted octanol–water partition coefficient (Wildman–Crippen LogP) is 1.49. The molecular weight excluding hydrogens is 406 g/mol. The molecule has 2 fully saturated rings. The maximum atomic E-state index is 9.39. The van der Waals surface area contributed by atoms with E-state index in [1.54, 1.807) is 0 Å². The summed E-state index contributed by atoms with van der Waals surface area (Å²) in [6, 6.07) is 5.85. The van der Waals surface area contributed by atoms with Crippen LogP contribution >= 0.6 is 0 Å². The first-order valence-electron chi connectivity index (χ1n) is 11.4. The zero-order valence-corrected chi connectivity index (χ0v) is 18.2. The molecule has 10 nitrogen and oxygen atoms in total. The molecule has 0 atom stereocenters. The molecule has 3 N–H and O–H groups in total. The molecule has 0 bridgehead atoms. The Kier molecular flexibility index (Phi) is 6.22. The number of piperidine rings is 1. The highest BCUT2D eigenvalue weighted by Crippen LogP contribution is 2.28. The van der Waals surface area contributed by atoms with Gasteiger partial charge in [-0.15, -0.1) is 10.2 Å². The van der Waals surface area contributed by atoms with E-state index in [2.05, 4.69) is 35.6 Å². The van der Waals surface area contributed by atoms with Gasteiger partial charge in [-0.3, -0.25) is 0 Å². The lowest BCUT2D eigenvalue weighted by Gasteiger charge is -2.28. The van der Waals surface area contributed by atoms with Crippen LogP contribution in [0.1, 0.15) is 25.0 Å². The number of fused-ring (bicyclic) bond motifs is 1. The molecule has 0 aliphatic carbocycles. The molecule has 5 heterocycles. The molecule has 0 aromatic carbocycles. The fraction of sp³-hybridized carbons (Fsp3) is 0.500. The summed E-state index contributed by atoms with van der Waals surface area (Å²) in [6.45, 7) is 5.79. The number of anilines is 4. The van der Waals surface area contributed by atoms with Gasteiger partial charge in [0.25, 0.3) is 0 Å². The Morgan fingerprint density at radius 1 is 0.969 bits per heavy atom. The first kappa shape index (κ1) is 20.8. The molecule has 0 spiro atoms. The third kappa shape index (κ3) is 4.56. The molecule has 10 heteroatoms. The number of aromatic nitrogens is 5. The monoisotopic (exact) mass is 435 g/mol. The van der Waals surface area contributed by atoms with E-state index in [0.717, 1.165) is 80.3 Å². The van der Waals surface area contributed by atoms with Crippen LogP contribution < -0.4 is 20.4 Å². The molecule has 0 unspecified atom stereocenters. The maximum Gasteiger partial charge on any atom is 0.229 e. The van der Waals surface area contributed by atoms with Crippen molar-refractivity contribution in [2.75, 3.05) is 61.0 Å². The van der Waals surface area contributed by atoms with E-state index in [1.807, 2.05) is 24.4 Å². The Morgan fingerprint density at radius 3 is 2.56 bits per heavy atom. The van der Waals surface area contributed by atoms with E-state index in [1.165, 1.54) is 6.42 Å². The summed E-state index contributed by atoms with van der Waals surface area (Å²) in [6.07, 6.45) is 5.88. The maximum absolute atomic E-state index is 9.39. The van der Waals surface area contributed by atoms with Crippen molar-refractivity contribution in [2.45, 2.75) is 25.7 Å². The Bertz CT molecular complexity index is 1050. The van der Waals surface area contributed by atoms with Crippen LogP contribution in [0.15, 0.2) is 24.4 Å². The minimum absolute atomic E-state index is 0.0705. The number of rotatable bonds is 6. The Hall–Kier alpha value is -3.11. The number of aliphatic hydroxyl groups is 1. The summed E-state index contributed by atoms with van der Waals surface area (Å²) in [4.78, 5) is 18.6. The van der Waals surface area contributed by atoms with Crippen molar-refractivity contribution in [3.05, 3.63) is 30.1 Å². The minimum Gasteiger partial charge on any atom is -0.396 e. The highest BCUT2D eigenvalue weighted by molar-refractivity contribution is 5.89. The SMILES string of the molecule is OCCc1cc2cnc(Nc3ccc(N4CCNCC4)nn3)nc2c(N2CCCCC2)n1. The third-order valence-corrected chi connectivity index (χ3v) is 5.96. The van der Waals surface area contributed by atoms with Crippen molar-refractivity contribution in [3.8, 4) is 0 Å². The van der Waals surface area contributed by atoms with E-state index < -0.39 is 0 Å². The molecule has 2 aliphatic heterocycles. The van der Waals surface area contributed by atoms with Gasteiger partial charge in [-0.1, -0.05) is 0 Å². The Balaban J connectivity index is 1.41. The molecule has 0 radical (unpaired) electrons. The largest absolute Gasteiger partial charge is 0.396 e. The van der Waals surface area contributed by atoms with Crippen molar-refractivity contribution in [1.82, 2.24) is 30.5 Å². The summed E-state index contributed by atoms with van der Waals surface area (Å²) in [5.74, 6) is 2.82. The van der Waals surface area contributed by atoms with Crippen molar-refractivity contribution in [3.63, 3.8) is 0 Å². The van der Waals surface area contributed by atoms with Gasteiger partial charge >= 0.3 is 0 Å². The molecule has 2 aliphatic rings. The average Bonchev–Trinajstić information content (AvgIpc) is 2.85. The van der Waals surface area contributed by atoms with Gasteiger partial charge in [-0.2, -0.15) is 0 Å². The van der Waals surface area contributed by atoms with E-state index in [4.69, 9.17) is 9.97 Å². The topological polar surface area (TPSA) is 115 Å². The number of aliphatic hydroxyl groups excluding tert-OH is 1. The van der Waals surface area contributed by atoms with Crippen molar-refractivity contribution >= 4 is 34.3 Å². The van der Waals surface area contributed by atoms with Crippen LogP contribution in [0.25, 0.3) is 10.9 Å². The number of pyridine rings is 1. The normalized spacial score (nSPS) is 17.0. The average molecular weight is 436 g/mol. The highest BCUT2D eigenvalue weighted by atomic mass is 16.3. The number of piperazine rings is 1. The van der Waals surface area contributed by atoms with Gasteiger partial charge < -0.3 is 25.5 Å². The molecule has 3 aromatic heterocycles. The first-order valence-corrected chi connectivity index (χ1v) is 11.4. The standard InChI is InChI=1S/C22H29N9O/c32-13-6-17-14-16-15-24-22(27-20(16)21(25-17)31-9-2-1-3-10-31)26-18-4-5-19(29-28-18)30-11-7-23-8-12-30/h4-5,14-15,23,32H,1-3,6-13H2,(H,24,26,27,28). The van der Waals surface area contributed by atoms with Gasteiger partial charge in [0.15, 0.2) is 17.5 Å². The van der Waals surface area contributed by atoms with E-state index >= 15 is 0 Å². The molecule has 0 saturated carbocycles. The zero-order valence-electron chi connectivity index (χ0n) is 18.2. The van der Waals surface area contributed by atoms with Gasteiger partial charge in [-0.05, 0) is 37.5 Å². The fourth-order valence-corrected chi connectivity index (χ4v) is 4.27. The second-order valence-corrected chi connectivity index (χ2v) is 8.23. The number of hydrogen-bond acceptors (Lipinski definition) is 10. The first-order chi connectivity index (χ1) is 15.8. The number of hydrogen-bond donors (Lipinski definition) is 3. The molecule has 32 heavy (non-hydrogen) atoms. The zero-order chi connectivity index (χ0) is 21.8. The number of nitrogens with one attached hydrogen (secondary N) is 2. The summed E-state index contributed by atoms with van der Waals surface area (Å²) >= 11 is 0.